The number of hydrogen-bond donors (Lipinski definition) is 1. The van der Waals surface area contributed by atoms with Crippen LogP contribution in [-0.2, 0) is 0 Å². The van der Waals surface area contributed by atoms with Gasteiger partial charge in [0, 0.05) is 10.0 Å². The normalized spacial score (nSPS) is 12.4. The smallest absolute Gasteiger partial charge is 0.132 e. The Labute approximate surface area is 132 Å². The van der Waals surface area contributed by atoms with Gasteiger partial charge in [0.25, 0.3) is 0 Å². The van der Waals surface area contributed by atoms with Gasteiger partial charge in [-0.25, -0.2) is 8.78 Å². The van der Waals surface area contributed by atoms with E-state index in [0.717, 1.165) is 17.5 Å². The Bertz CT molecular complexity index is 588. The van der Waals surface area contributed by atoms with Crippen LogP contribution in [0.2, 0.25) is 0 Å². The zero-order valence-electron chi connectivity index (χ0n) is 12.1. The number of rotatable bonds is 5. The minimum Gasteiger partial charge on any atom is -0.306 e. The predicted octanol–water partition coefficient (Wildman–Crippen LogP) is 5.12. The van der Waals surface area contributed by atoms with Gasteiger partial charge in [0.05, 0.1) is 6.04 Å². The first kappa shape index (κ1) is 16.1. The van der Waals surface area contributed by atoms with Crippen LogP contribution in [0.15, 0.2) is 40.9 Å². The summed E-state index contributed by atoms with van der Waals surface area (Å²) in [6, 6.07) is 9.82. The fourth-order valence-electron chi connectivity index (χ4n) is 2.26. The van der Waals surface area contributed by atoms with Gasteiger partial charge in [-0.2, -0.15) is 0 Å². The van der Waals surface area contributed by atoms with Crippen LogP contribution in [0, 0.1) is 18.6 Å². The summed E-state index contributed by atoms with van der Waals surface area (Å²) >= 11 is 3.11. The number of benzene rings is 2. The maximum atomic E-state index is 14.2. The van der Waals surface area contributed by atoms with Gasteiger partial charge in [0.15, 0.2) is 0 Å². The Morgan fingerprint density at radius 3 is 2.19 bits per heavy atom. The summed E-state index contributed by atoms with van der Waals surface area (Å²) in [7, 11) is 0. The molecule has 0 bridgehead atoms. The summed E-state index contributed by atoms with van der Waals surface area (Å²) in [4.78, 5) is 0. The molecule has 0 aliphatic carbocycles. The summed E-state index contributed by atoms with van der Waals surface area (Å²) < 4.78 is 28.9. The molecule has 0 aliphatic rings. The van der Waals surface area contributed by atoms with Crippen molar-refractivity contribution in [3.63, 3.8) is 0 Å². The Morgan fingerprint density at radius 1 is 1.10 bits per heavy atom. The molecule has 2 aromatic rings. The second kappa shape index (κ2) is 7.14. The topological polar surface area (TPSA) is 12.0 Å². The highest BCUT2D eigenvalue weighted by Gasteiger charge is 2.22. The zero-order chi connectivity index (χ0) is 15.4. The van der Waals surface area contributed by atoms with Crippen molar-refractivity contribution >= 4 is 15.9 Å². The SMILES string of the molecule is CCCNC(c1ccc(C)cc1)c1c(F)cc(Br)cc1F. The Kier molecular flexibility index (Phi) is 5.48. The lowest BCUT2D eigenvalue weighted by atomic mass is 9.96. The molecule has 0 saturated heterocycles. The van der Waals surface area contributed by atoms with Crippen molar-refractivity contribution in [1.82, 2.24) is 5.32 Å². The van der Waals surface area contributed by atoms with E-state index in [1.807, 2.05) is 38.1 Å². The average molecular weight is 354 g/mol. The standard InChI is InChI=1S/C17H18BrF2N/c1-3-8-21-17(12-6-4-11(2)5-7-12)16-14(19)9-13(18)10-15(16)20/h4-7,9-10,17,21H,3,8H2,1-2H3. The van der Waals surface area contributed by atoms with Gasteiger partial charge in [-0.05, 0) is 37.6 Å². The third kappa shape index (κ3) is 3.89. The lowest BCUT2D eigenvalue weighted by Crippen LogP contribution is -2.25. The first-order valence-electron chi connectivity index (χ1n) is 6.97. The van der Waals surface area contributed by atoms with Crippen molar-refractivity contribution in [1.29, 1.82) is 0 Å². The van der Waals surface area contributed by atoms with E-state index in [-0.39, 0.29) is 5.56 Å². The van der Waals surface area contributed by atoms with Crippen molar-refractivity contribution in [3.8, 4) is 0 Å². The van der Waals surface area contributed by atoms with Gasteiger partial charge < -0.3 is 5.32 Å². The molecule has 0 aliphatic heterocycles. The highest BCUT2D eigenvalue weighted by molar-refractivity contribution is 9.10. The average Bonchev–Trinajstić information content (AvgIpc) is 2.42. The summed E-state index contributed by atoms with van der Waals surface area (Å²) in [5, 5.41) is 3.23. The highest BCUT2D eigenvalue weighted by atomic mass is 79.9. The molecule has 2 rings (SSSR count). The molecule has 0 saturated carbocycles. The van der Waals surface area contributed by atoms with Crippen LogP contribution in [0.4, 0.5) is 8.78 Å². The third-order valence-electron chi connectivity index (χ3n) is 3.34. The number of hydrogen-bond acceptors (Lipinski definition) is 1. The molecular formula is C17H18BrF2N. The van der Waals surface area contributed by atoms with Crippen molar-refractivity contribution in [2.24, 2.45) is 0 Å². The summed E-state index contributed by atoms with van der Waals surface area (Å²) in [5.41, 5.74) is 2.04. The van der Waals surface area contributed by atoms with Crippen LogP contribution in [0.5, 0.6) is 0 Å². The molecule has 112 valence electrons. The van der Waals surface area contributed by atoms with E-state index >= 15 is 0 Å². The second-order valence-corrected chi connectivity index (χ2v) is 6.00. The lowest BCUT2D eigenvalue weighted by Gasteiger charge is -2.21. The van der Waals surface area contributed by atoms with Gasteiger partial charge in [-0.3, -0.25) is 0 Å². The molecule has 4 heteroatoms. The molecule has 0 aromatic heterocycles. The maximum absolute atomic E-state index is 14.2. The minimum atomic E-state index is -0.545. The van der Waals surface area contributed by atoms with E-state index in [2.05, 4.69) is 21.2 Å². The van der Waals surface area contributed by atoms with Gasteiger partial charge in [-0.1, -0.05) is 52.7 Å². The predicted molar refractivity (Wildman–Crippen MR) is 85.4 cm³/mol. The van der Waals surface area contributed by atoms with Crippen LogP contribution >= 0.6 is 15.9 Å². The molecule has 0 fully saturated rings. The van der Waals surface area contributed by atoms with Crippen LogP contribution in [0.25, 0.3) is 0 Å². The largest absolute Gasteiger partial charge is 0.306 e. The second-order valence-electron chi connectivity index (χ2n) is 5.08. The van der Waals surface area contributed by atoms with Crippen LogP contribution in [-0.4, -0.2) is 6.54 Å². The van der Waals surface area contributed by atoms with Crippen LogP contribution < -0.4 is 5.32 Å². The third-order valence-corrected chi connectivity index (χ3v) is 3.80. The molecular weight excluding hydrogens is 336 g/mol. The molecule has 1 unspecified atom stereocenters. The lowest BCUT2D eigenvalue weighted by molar-refractivity contribution is 0.502. The molecule has 1 nitrogen and oxygen atoms in total. The minimum absolute atomic E-state index is 0.0653. The number of nitrogens with one attached hydrogen (secondary N) is 1. The summed E-state index contributed by atoms with van der Waals surface area (Å²) in [6.07, 6.45) is 0.891. The molecule has 0 spiro atoms. The zero-order valence-corrected chi connectivity index (χ0v) is 13.7. The molecule has 2 aromatic carbocycles. The van der Waals surface area contributed by atoms with Crippen molar-refractivity contribution in [2.75, 3.05) is 6.54 Å². The first-order chi connectivity index (χ1) is 10.0. The Hall–Kier alpha value is -1.26. The fraction of sp³-hybridized carbons (Fsp3) is 0.294. The Morgan fingerprint density at radius 2 is 1.67 bits per heavy atom. The monoisotopic (exact) mass is 353 g/mol. The molecule has 0 radical (unpaired) electrons. The van der Waals surface area contributed by atoms with Crippen molar-refractivity contribution in [3.05, 3.63) is 69.2 Å². The van der Waals surface area contributed by atoms with E-state index in [0.29, 0.717) is 11.0 Å². The number of halogens is 3. The van der Waals surface area contributed by atoms with Crippen molar-refractivity contribution in [2.45, 2.75) is 26.3 Å². The van der Waals surface area contributed by atoms with E-state index in [4.69, 9.17) is 0 Å². The van der Waals surface area contributed by atoms with Gasteiger partial charge in [0.1, 0.15) is 11.6 Å². The van der Waals surface area contributed by atoms with E-state index < -0.39 is 17.7 Å². The highest BCUT2D eigenvalue weighted by Crippen LogP contribution is 2.29. The maximum Gasteiger partial charge on any atom is 0.132 e. The van der Waals surface area contributed by atoms with Gasteiger partial charge >= 0.3 is 0 Å². The van der Waals surface area contributed by atoms with Crippen molar-refractivity contribution < 1.29 is 8.78 Å². The van der Waals surface area contributed by atoms with E-state index in [1.54, 1.807) is 0 Å². The van der Waals surface area contributed by atoms with Crippen LogP contribution in [0.1, 0.15) is 36.1 Å². The van der Waals surface area contributed by atoms with E-state index in [9.17, 15) is 8.78 Å². The quantitative estimate of drug-likeness (QED) is 0.785. The number of aryl methyl sites for hydroxylation is 1. The summed E-state index contributed by atoms with van der Waals surface area (Å²) in [5.74, 6) is -1.09. The molecule has 0 amide bonds. The molecule has 21 heavy (non-hydrogen) atoms. The summed E-state index contributed by atoms with van der Waals surface area (Å²) in [6.45, 7) is 4.69. The van der Waals surface area contributed by atoms with Gasteiger partial charge in [0.2, 0.25) is 0 Å². The van der Waals surface area contributed by atoms with Gasteiger partial charge in [-0.15, -0.1) is 0 Å². The Balaban J connectivity index is 2.47. The van der Waals surface area contributed by atoms with Crippen LogP contribution in [0.3, 0.4) is 0 Å². The van der Waals surface area contributed by atoms with E-state index in [1.165, 1.54) is 12.1 Å². The fourth-order valence-corrected chi connectivity index (χ4v) is 2.67. The molecule has 1 N–H and O–H groups in total. The molecule has 0 heterocycles. The molecule has 1 atom stereocenters. The first-order valence-corrected chi connectivity index (χ1v) is 7.76.